The van der Waals surface area contributed by atoms with Gasteiger partial charge in [0.25, 0.3) is 0 Å². The minimum atomic E-state index is -0.0367. The summed E-state index contributed by atoms with van der Waals surface area (Å²) < 4.78 is 10.7. The van der Waals surface area contributed by atoms with Gasteiger partial charge >= 0.3 is 11.9 Å². The lowest BCUT2D eigenvalue weighted by molar-refractivity contribution is -0.148. The van der Waals surface area contributed by atoms with Gasteiger partial charge in [0, 0.05) is 6.42 Å². The van der Waals surface area contributed by atoms with E-state index in [2.05, 4.69) is 27.7 Å². The highest BCUT2D eigenvalue weighted by Gasteiger charge is 2.13. The van der Waals surface area contributed by atoms with E-state index < -0.39 is 0 Å². The predicted octanol–water partition coefficient (Wildman–Crippen LogP) is 7.87. The van der Waals surface area contributed by atoms with E-state index in [9.17, 15) is 9.59 Å². The molecule has 4 heteroatoms. The zero-order chi connectivity index (χ0) is 23.3. The summed E-state index contributed by atoms with van der Waals surface area (Å²) in [6.45, 7) is 12.0. The Labute approximate surface area is 193 Å². The molecule has 0 rings (SSSR count). The maximum absolute atomic E-state index is 12.0. The number of carbonyl (C=O) groups excluding carboxylic acids is 2. The molecule has 0 amide bonds. The molecule has 0 spiro atoms. The standard InChI is InChI=1S/C27H52O4/c1-23(2)17-13-15-21-30-26(28)20-12-10-8-6-7-9-11-19-25(5)27(29)31-22-16-14-18-24(3)4/h23-25H,6-22H2,1-5H3. The van der Waals surface area contributed by atoms with Crippen LogP contribution in [0.5, 0.6) is 0 Å². The Morgan fingerprint density at radius 2 is 1.00 bits per heavy atom. The summed E-state index contributed by atoms with van der Waals surface area (Å²) in [7, 11) is 0. The fraction of sp³-hybridized carbons (Fsp3) is 0.926. The highest BCUT2D eigenvalue weighted by atomic mass is 16.5. The number of esters is 2. The molecule has 0 aromatic heterocycles. The van der Waals surface area contributed by atoms with Gasteiger partial charge in [-0.05, 0) is 50.4 Å². The van der Waals surface area contributed by atoms with Gasteiger partial charge in [0.15, 0.2) is 0 Å². The lowest BCUT2D eigenvalue weighted by Crippen LogP contribution is -2.15. The van der Waals surface area contributed by atoms with Crippen LogP contribution in [0.2, 0.25) is 0 Å². The summed E-state index contributed by atoms with van der Waals surface area (Å²) in [6, 6.07) is 0. The van der Waals surface area contributed by atoms with Crippen molar-refractivity contribution in [1.82, 2.24) is 0 Å². The SMILES string of the molecule is CC(C)CCCCOC(=O)CCCCCCCCCC(C)C(=O)OCCCCC(C)C. The molecule has 0 aliphatic carbocycles. The largest absolute Gasteiger partial charge is 0.466 e. The molecule has 4 nitrogen and oxygen atoms in total. The molecule has 0 aromatic carbocycles. The zero-order valence-electron chi connectivity index (χ0n) is 21.4. The summed E-state index contributed by atoms with van der Waals surface area (Å²) in [6.07, 6.45) is 16.0. The fourth-order valence-electron chi connectivity index (χ4n) is 3.60. The maximum Gasteiger partial charge on any atom is 0.308 e. The second-order valence-electron chi connectivity index (χ2n) is 10.1. The molecule has 0 bridgehead atoms. The average molecular weight is 441 g/mol. The van der Waals surface area contributed by atoms with Gasteiger partial charge in [0.05, 0.1) is 19.1 Å². The Kier molecular flexibility index (Phi) is 20.1. The van der Waals surface area contributed by atoms with Gasteiger partial charge in [-0.1, -0.05) is 86.0 Å². The molecule has 1 atom stereocenters. The number of ether oxygens (including phenoxy) is 2. The third-order valence-electron chi connectivity index (χ3n) is 5.78. The van der Waals surface area contributed by atoms with Crippen molar-refractivity contribution in [3.05, 3.63) is 0 Å². The average Bonchev–Trinajstić information content (AvgIpc) is 2.71. The van der Waals surface area contributed by atoms with Crippen LogP contribution in [0.3, 0.4) is 0 Å². The number of carbonyl (C=O) groups is 2. The van der Waals surface area contributed by atoms with E-state index in [4.69, 9.17) is 9.47 Å². The minimum absolute atomic E-state index is 0.0153. The van der Waals surface area contributed by atoms with Gasteiger partial charge in [0.1, 0.15) is 0 Å². The Morgan fingerprint density at radius 3 is 1.55 bits per heavy atom. The van der Waals surface area contributed by atoms with Crippen molar-refractivity contribution >= 4 is 11.9 Å². The molecular formula is C27H52O4. The van der Waals surface area contributed by atoms with Crippen LogP contribution in [0.1, 0.15) is 131 Å². The summed E-state index contributed by atoms with van der Waals surface area (Å²) in [4.78, 5) is 23.7. The van der Waals surface area contributed by atoms with E-state index in [1.54, 1.807) is 0 Å². The van der Waals surface area contributed by atoms with Crippen molar-refractivity contribution in [1.29, 1.82) is 0 Å². The molecule has 0 fully saturated rings. The van der Waals surface area contributed by atoms with Gasteiger partial charge in [-0.2, -0.15) is 0 Å². The van der Waals surface area contributed by atoms with Crippen molar-refractivity contribution in [3.8, 4) is 0 Å². The molecule has 0 heterocycles. The zero-order valence-corrected chi connectivity index (χ0v) is 21.4. The van der Waals surface area contributed by atoms with Gasteiger partial charge in [-0.25, -0.2) is 0 Å². The Morgan fingerprint density at radius 1 is 0.548 bits per heavy atom. The molecule has 0 aliphatic heterocycles. The summed E-state index contributed by atoms with van der Waals surface area (Å²) in [5, 5.41) is 0. The first-order valence-electron chi connectivity index (χ1n) is 13.1. The number of hydrogen-bond acceptors (Lipinski definition) is 4. The van der Waals surface area contributed by atoms with E-state index in [0.717, 1.165) is 63.2 Å². The van der Waals surface area contributed by atoms with Crippen LogP contribution in [0, 0.1) is 17.8 Å². The Bertz CT molecular complexity index is 431. The second kappa shape index (κ2) is 20.8. The Balaban J connectivity index is 3.41. The van der Waals surface area contributed by atoms with Gasteiger partial charge in [-0.15, -0.1) is 0 Å². The monoisotopic (exact) mass is 440 g/mol. The molecular weight excluding hydrogens is 388 g/mol. The van der Waals surface area contributed by atoms with Gasteiger partial charge in [-0.3, -0.25) is 9.59 Å². The first-order valence-corrected chi connectivity index (χ1v) is 13.1. The normalized spacial score (nSPS) is 12.4. The number of hydrogen-bond donors (Lipinski definition) is 0. The quantitative estimate of drug-likeness (QED) is 0.135. The third kappa shape index (κ3) is 21.9. The molecule has 0 saturated heterocycles. The molecule has 0 aliphatic rings. The van der Waals surface area contributed by atoms with Crippen molar-refractivity contribution < 1.29 is 19.1 Å². The van der Waals surface area contributed by atoms with E-state index in [1.807, 2.05) is 6.92 Å². The molecule has 1 unspecified atom stereocenters. The molecule has 0 radical (unpaired) electrons. The van der Waals surface area contributed by atoms with E-state index in [1.165, 1.54) is 38.5 Å². The third-order valence-corrected chi connectivity index (χ3v) is 5.78. The Hall–Kier alpha value is -1.06. The van der Waals surface area contributed by atoms with Crippen LogP contribution in [-0.2, 0) is 19.1 Å². The molecule has 31 heavy (non-hydrogen) atoms. The first-order chi connectivity index (χ1) is 14.8. The minimum Gasteiger partial charge on any atom is -0.466 e. The lowest BCUT2D eigenvalue weighted by atomic mass is 10.0. The van der Waals surface area contributed by atoms with Gasteiger partial charge in [0.2, 0.25) is 0 Å². The van der Waals surface area contributed by atoms with Crippen LogP contribution < -0.4 is 0 Å². The summed E-state index contributed by atoms with van der Waals surface area (Å²) >= 11 is 0. The fourth-order valence-corrected chi connectivity index (χ4v) is 3.60. The van der Waals surface area contributed by atoms with Gasteiger partial charge < -0.3 is 9.47 Å². The van der Waals surface area contributed by atoms with E-state index in [0.29, 0.717) is 19.6 Å². The van der Waals surface area contributed by atoms with E-state index in [-0.39, 0.29) is 17.9 Å². The smallest absolute Gasteiger partial charge is 0.308 e. The van der Waals surface area contributed by atoms with Crippen LogP contribution in [0.4, 0.5) is 0 Å². The van der Waals surface area contributed by atoms with Crippen LogP contribution in [-0.4, -0.2) is 25.2 Å². The summed E-state index contributed by atoms with van der Waals surface area (Å²) in [5.74, 6) is 1.40. The highest BCUT2D eigenvalue weighted by molar-refractivity contribution is 5.71. The van der Waals surface area contributed by atoms with Crippen molar-refractivity contribution in [2.75, 3.05) is 13.2 Å². The molecule has 0 N–H and O–H groups in total. The highest BCUT2D eigenvalue weighted by Crippen LogP contribution is 2.15. The molecule has 0 saturated carbocycles. The number of unbranched alkanes of at least 4 members (excludes halogenated alkanes) is 8. The summed E-state index contributed by atoms with van der Waals surface area (Å²) in [5.41, 5.74) is 0. The van der Waals surface area contributed by atoms with Crippen molar-refractivity contribution in [2.24, 2.45) is 17.8 Å². The predicted molar refractivity (Wildman–Crippen MR) is 130 cm³/mol. The van der Waals surface area contributed by atoms with Crippen molar-refractivity contribution in [3.63, 3.8) is 0 Å². The first kappa shape index (κ1) is 29.9. The van der Waals surface area contributed by atoms with Crippen LogP contribution >= 0.6 is 0 Å². The van der Waals surface area contributed by atoms with Crippen LogP contribution in [0.15, 0.2) is 0 Å². The molecule has 0 aromatic rings. The number of rotatable bonds is 21. The second-order valence-corrected chi connectivity index (χ2v) is 10.1. The van der Waals surface area contributed by atoms with Crippen molar-refractivity contribution in [2.45, 2.75) is 131 Å². The molecule has 184 valence electrons. The maximum atomic E-state index is 12.0. The van der Waals surface area contributed by atoms with Crippen LogP contribution in [0.25, 0.3) is 0 Å². The topological polar surface area (TPSA) is 52.6 Å². The van der Waals surface area contributed by atoms with E-state index >= 15 is 0 Å². The lowest BCUT2D eigenvalue weighted by Gasteiger charge is -2.11.